The molecule has 30 heavy (non-hydrogen) atoms. The molecule has 0 spiro atoms. The Morgan fingerprint density at radius 3 is 2.30 bits per heavy atom. The Morgan fingerprint density at radius 2 is 1.73 bits per heavy atom. The molecule has 0 aliphatic heterocycles. The summed E-state index contributed by atoms with van der Waals surface area (Å²) in [6, 6.07) is 6.25. The van der Waals surface area contributed by atoms with Crippen LogP contribution in [0.25, 0.3) is 0 Å². The highest BCUT2D eigenvalue weighted by Crippen LogP contribution is 2.66. The molecule has 8 heteroatoms. The van der Waals surface area contributed by atoms with Crippen LogP contribution in [-0.4, -0.2) is 25.6 Å². The van der Waals surface area contributed by atoms with Crippen LogP contribution in [0.15, 0.2) is 29.2 Å². The Hall–Kier alpha value is -1.44. The summed E-state index contributed by atoms with van der Waals surface area (Å²) in [5.74, 6) is 0.608. The average Bonchev–Trinajstić information content (AvgIpc) is 3.40. The van der Waals surface area contributed by atoms with Crippen molar-refractivity contribution in [3.63, 3.8) is 0 Å². The van der Waals surface area contributed by atoms with Gasteiger partial charge in [0.05, 0.1) is 16.0 Å². The number of benzene rings is 1. The summed E-state index contributed by atoms with van der Waals surface area (Å²) in [7, 11) is -3.90. The molecule has 5 saturated carbocycles. The van der Waals surface area contributed by atoms with Gasteiger partial charge in [0.2, 0.25) is 15.9 Å². The molecule has 0 aromatic heterocycles. The topological polar surface area (TPSA) is 106 Å². The van der Waals surface area contributed by atoms with E-state index in [1.165, 1.54) is 12.1 Å². The van der Waals surface area contributed by atoms with Crippen LogP contribution in [0.3, 0.4) is 0 Å². The molecule has 0 radical (unpaired) electrons. The van der Waals surface area contributed by atoms with E-state index in [0.29, 0.717) is 37.5 Å². The summed E-state index contributed by atoms with van der Waals surface area (Å²) in [6.07, 6.45) is 6.68. The quantitative estimate of drug-likeness (QED) is 0.665. The molecular weight excluding hydrogens is 424 g/mol. The number of hydrogen-bond acceptors (Lipinski definition) is 4. The second kappa shape index (κ2) is 6.53. The molecule has 2 atom stereocenters. The van der Waals surface area contributed by atoms with Gasteiger partial charge < -0.3 is 5.73 Å². The summed E-state index contributed by atoms with van der Waals surface area (Å²) in [5, 5.41) is 0.137. The van der Waals surface area contributed by atoms with Crippen molar-refractivity contribution >= 4 is 33.3 Å². The number of ketones is 1. The standard InChI is InChI=1S/C22H27ClN2O4S/c23-16-3-1-2-4-17(16)30(28,29)25-22(5-6-22)18(26)12-20-8-14-7-15(9-20)11-21(10-14,13-20)19(24)27/h1-4,14-15,25H,5-13H2,(H2,24,27). The summed E-state index contributed by atoms with van der Waals surface area (Å²) in [6.45, 7) is 0. The van der Waals surface area contributed by atoms with Crippen LogP contribution in [0, 0.1) is 22.7 Å². The van der Waals surface area contributed by atoms with E-state index in [1.807, 2.05) is 0 Å². The average molecular weight is 451 g/mol. The smallest absolute Gasteiger partial charge is 0.242 e. The highest BCUT2D eigenvalue weighted by atomic mass is 35.5. The maximum atomic E-state index is 13.4. The molecule has 5 aliphatic rings. The van der Waals surface area contributed by atoms with Crippen molar-refractivity contribution in [2.45, 2.75) is 68.2 Å². The zero-order chi connectivity index (χ0) is 21.4. The third-order valence-electron chi connectivity index (χ3n) is 7.98. The van der Waals surface area contributed by atoms with E-state index in [0.717, 1.165) is 32.1 Å². The zero-order valence-corrected chi connectivity index (χ0v) is 18.4. The highest BCUT2D eigenvalue weighted by molar-refractivity contribution is 7.89. The fraction of sp³-hybridized carbons (Fsp3) is 0.636. The van der Waals surface area contributed by atoms with Crippen LogP contribution in [0.1, 0.15) is 57.8 Å². The maximum Gasteiger partial charge on any atom is 0.242 e. The second-order valence-electron chi connectivity index (χ2n) is 10.3. The summed E-state index contributed by atoms with van der Waals surface area (Å²) in [4.78, 5) is 25.7. The van der Waals surface area contributed by atoms with Gasteiger partial charge in [0.15, 0.2) is 5.78 Å². The van der Waals surface area contributed by atoms with Crippen LogP contribution < -0.4 is 10.5 Å². The molecule has 1 amide bonds. The number of nitrogens with one attached hydrogen (secondary N) is 1. The fourth-order valence-electron chi connectivity index (χ4n) is 6.99. The van der Waals surface area contributed by atoms with Crippen molar-refractivity contribution in [3.05, 3.63) is 29.3 Å². The molecule has 1 aromatic carbocycles. The third kappa shape index (κ3) is 3.21. The minimum Gasteiger partial charge on any atom is -0.369 e. The number of Topliss-reactive ketones (excluding diaryl/α,β-unsaturated/α-hetero) is 1. The Morgan fingerprint density at radius 1 is 1.10 bits per heavy atom. The lowest BCUT2D eigenvalue weighted by Gasteiger charge is -2.61. The Labute approximate surface area is 182 Å². The molecule has 5 fully saturated rings. The molecule has 6 nitrogen and oxygen atoms in total. The normalized spacial score (nSPS) is 35.9. The minimum absolute atomic E-state index is 0.00627. The fourth-order valence-corrected chi connectivity index (χ4v) is 8.96. The first-order valence-electron chi connectivity index (χ1n) is 10.7. The van der Waals surface area contributed by atoms with Crippen LogP contribution in [0.4, 0.5) is 0 Å². The van der Waals surface area contributed by atoms with E-state index in [4.69, 9.17) is 17.3 Å². The number of halogens is 1. The van der Waals surface area contributed by atoms with Crippen molar-refractivity contribution in [1.29, 1.82) is 0 Å². The monoisotopic (exact) mass is 450 g/mol. The van der Waals surface area contributed by atoms with Crippen molar-refractivity contribution in [2.24, 2.45) is 28.4 Å². The first-order valence-corrected chi connectivity index (χ1v) is 12.6. The number of sulfonamides is 1. The molecule has 4 bridgehead atoms. The number of rotatable bonds is 7. The predicted octanol–water partition coefficient (Wildman–Crippen LogP) is 3.18. The van der Waals surface area contributed by atoms with Crippen LogP contribution >= 0.6 is 11.6 Å². The first kappa shape index (κ1) is 20.5. The number of primary amides is 1. The number of hydrogen-bond donors (Lipinski definition) is 2. The predicted molar refractivity (Wildman–Crippen MR) is 112 cm³/mol. The van der Waals surface area contributed by atoms with Crippen molar-refractivity contribution in [3.8, 4) is 0 Å². The van der Waals surface area contributed by atoms with Gasteiger partial charge in [-0.15, -0.1) is 0 Å². The van der Waals surface area contributed by atoms with E-state index >= 15 is 0 Å². The molecule has 162 valence electrons. The van der Waals surface area contributed by atoms with E-state index in [9.17, 15) is 18.0 Å². The molecular formula is C22H27ClN2O4S. The number of nitrogens with two attached hydrogens (primary N) is 1. The Kier molecular flexibility index (Phi) is 4.45. The van der Waals surface area contributed by atoms with Gasteiger partial charge in [-0.05, 0) is 80.8 Å². The van der Waals surface area contributed by atoms with Gasteiger partial charge in [0.1, 0.15) is 4.90 Å². The van der Waals surface area contributed by atoms with Crippen LogP contribution in [-0.2, 0) is 19.6 Å². The third-order valence-corrected chi connectivity index (χ3v) is 10.0. The van der Waals surface area contributed by atoms with Crippen molar-refractivity contribution in [1.82, 2.24) is 4.72 Å². The minimum atomic E-state index is -3.90. The van der Waals surface area contributed by atoms with Gasteiger partial charge in [-0.2, -0.15) is 4.72 Å². The van der Waals surface area contributed by atoms with Crippen molar-refractivity contribution < 1.29 is 18.0 Å². The lowest BCUT2D eigenvalue weighted by atomic mass is 9.43. The van der Waals surface area contributed by atoms with Crippen LogP contribution in [0.2, 0.25) is 5.02 Å². The summed E-state index contributed by atoms with van der Waals surface area (Å²) in [5.41, 5.74) is 4.08. The zero-order valence-electron chi connectivity index (χ0n) is 16.8. The Bertz CT molecular complexity index is 1020. The molecule has 0 heterocycles. The molecule has 1 aromatic rings. The number of carbonyl (C=O) groups is 2. The SMILES string of the molecule is NC(=O)C12CC3CC(CC(CC(=O)C4(NS(=O)(=O)c5ccccc5Cl)CC4)(C3)C1)C2. The van der Waals surface area contributed by atoms with E-state index in [1.54, 1.807) is 12.1 Å². The lowest BCUT2D eigenvalue weighted by Crippen LogP contribution is -2.58. The molecule has 5 aliphatic carbocycles. The molecule has 0 saturated heterocycles. The molecule has 6 rings (SSSR count). The second-order valence-corrected chi connectivity index (χ2v) is 12.4. The van der Waals surface area contributed by atoms with E-state index in [2.05, 4.69) is 4.72 Å². The molecule has 3 N–H and O–H groups in total. The maximum absolute atomic E-state index is 13.4. The largest absolute Gasteiger partial charge is 0.369 e. The number of amides is 1. The van der Waals surface area contributed by atoms with E-state index < -0.39 is 21.0 Å². The first-order chi connectivity index (χ1) is 14.1. The highest BCUT2D eigenvalue weighted by Gasteiger charge is 2.62. The Balaban J connectivity index is 1.37. The summed E-state index contributed by atoms with van der Waals surface area (Å²) >= 11 is 6.08. The van der Waals surface area contributed by atoms with Gasteiger partial charge in [-0.25, -0.2) is 8.42 Å². The van der Waals surface area contributed by atoms with E-state index in [-0.39, 0.29) is 27.0 Å². The molecule has 2 unspecified atom stereocenters. The van der Waals surface area contributed by atoms with Crippen LogP contribution in [0.5, 0.6) is 0 Å². The van der Waals surface area contributed by atoms with Gasteiger partial charge in [-0.3, -0.25) is 9.59 Å². The van der Waals surface area contributed by atoms with Gasteiger partial charge in [-0.1, -0.05) is 23.7 Å². The van der Waals surface area contributed by atoms with Crippen molar-refractivity contribution in [2.75, 3.05) is 0 Å². The van der Waals surface area contributed by atoms with Gasteiger partial charge in [0.25, 0.3) is 0 Å². The lowest BCUT2D eigenvalue weighted by molar-refractivity contribution is -0.158. The summed E-state index contributed by atoms with van der Waals surface area (Å²) < 4.78 is 28.5. The van der Waals surface area contributed by atoms with Gasteiger partial charge >= 0.3 is 0 Å². The number of carbonyl (C=O) groups excluding carboxylic acids is 2. The van der Waals surface area contributed by atoms with Gasteiger partial charge in [0, 0.05) is 6.42 Å².